The van der Waals surface area contributed by atoms with Crippen LogP contribution in [0.25, 0.3) is 11.5 Å². The SMILES string of the molecule is O=C(NCc1coc(-c2ccccc2)n1)c1cc2c([nH]c1=O)CCCC2. The Bertz CT molecular complexity index is 989. The van der Waals surface area contributed by atoms with Crippen LogP contribution in [0.15, 0.2) is 51.9 Å². The van der Waals surface area contributed by atoms with Gasteiger partial charge in [-0.05, 0) is 49.4 Å². The third-order valence-electron chi connectivity index (χ3n) is 4.59. The number of carbonyl (C=O) groups excluding carboxylic acids is 1. The van der Waals surface area contributed by atoms with Crippen LogP contribution in [0, 0.1) is 0 Å². The van der Waals surface area contributed by atoms with Crippen LogP contribution in [0.3, 0.4) is 0 Å². The summed E-state index contributed by atoms with van der Waals surface area (Å²) in [4.78, 5) is 31.8. The Morgan fingerprint density at radius 1 is 1.19 bits per heavy atom. The first-order valence-electron chi connectivity index (χ1n) is 8.74. The number of oxazole rings is 1. The molecule has 1 aliphatic rings. The molecule has 3 aromatic rings. The molecule has 2 aromatic heterocycles. The summed E-state index contributed by atoms with van der Waals surface area (Å²) in [5, 5.41) is 2.75. The van der Waals surface area contributed by atoms with Crippen LogP contribution < -0.4 is 10.9 Å². The number of fused-ring (bicyclic) bond motifs is 1. The highest BCUT2D eigenvalue weighted by Crippen LogP contribution is 2.19. The van der Waals surface area contributed by atoms with Crippen LogP contribution in [0.5, 0.6) is 0 Å². The van der Waals surface area contributed by atoms with Gasteiger partial charge < -0.3 is 14.7 Å². The van der Waals surface area contributed by atoms with E-state index in [1.54, 1.807) is 6.07 Å². The van der Waals surface area contributed by atoms with Crippen LogP contribution in [-0.2, 0) is 19.4 Å². The number of nitrogens with one attached hydrogen (secondary N) is 2. The standard InChI is InChI=1S/C20H19N3O3/c24-18(16-10-14-8-4-5-9-17(14)23-19(16)25)21-11-15-12-26-20(22-15)13-6-2-1-3-7-13/h1-3,6-7,10,12H,4-5,8-9,11H2,(H,21,24)(H,23,25). The third kappa shape index (κ3) is 3.31. The van der Waals surface area contributed by atoms with Crippen molar-refractivity contribution in [1.82, 2.24) is 15.3 Å². The number of nitrogens with zero attached hydrogens (tertiary/aromatic N) is 1. The summed E-state index contributed by atoms with van der Waals surface area (Å²) in [7, 11) is 0. The average Bonchev–Trinajstić information content (AvgIpc) is 3.15. The predicted octanol–water partition coefficient (Wildman–Crippen LogP) is 2.84. The van der Waals surface area contributed by atoms with Crippen molar-refractivity contribution in [2.45, 2.75) is 32.2 Å². The molecule has 2 heterocycles. The van der Waals surface area contributed by atoms with Gasteiger partial charge in [0.1, 0.15) is 11.8 Å². The fourth-order valence-electron chi connectivity index (χ4n) is 3.21. The fraction of sp³-hybridized carbons (Fsp3) is 0.250. The fourth-order valence-corrected chi connectivity index (χ4v) is 3.21. The summed E-state index contributed by atoms with van der Waals surface area (Å²) in [6.07, 6.45) is 5.44. The largest absolute Gasteiger partial charge is 0.444 e. The topological polar surface area (TPSA) is 88.0 Å². The number of pyridine rings is 1. The molecule has 0 spiro atoms. The number of aromatic nitrogens is 2. The summed E-state index contributed by atoms with van der Waals surface area (Å²) in [6, 6.07) is 11.3. The molecular formula is C20H19N3O3. The van der Waals surface area contributed by atoms with Gasteiger partial charge in [0.25, 0.3) is 11.5 Å². The number of aromatic amines is 1. The lowest BCUT2D eigenvalue weighted by atomic mass is 9.95. The van der Waals surface area contributed by atoms with Crippen LogP contribution in [-0.4, -0.2) is 15.9 Å². The molecular weight excluding hydrogens is 330 g/mol. The van der Waals surface area contributed by atoms with E-state index in [2.05, 4.69) is 15.3 Å². The summed E-state index contributed by atoms with van der Waals surface area (Å²) in [6.45, 7) is 0.200. The Labute approximate surface area is 150 Å². The zero-order valence-electron chi connectivity index (χ0n) is 14.2. The van der Waals surface area contributed by atoms with Gasteiger partial charge in [-0.15, -0.1) is 0 Å². The summed E-state index contributed by atoms with van der Waals surface area (Å²) >= 11 is 0. The number of H-pyrrole nitrogens is 1. The zero-order chi connectivity index (χ0) is 17.9. The molecule has 0 saturated heterocycles. The zero-order valence-corrected chi connectivity index (χ0v) is 14.2. The summed E-state index contributed by atoms with van der Waals surface area (Å²) in [5.41, 5.74) is 3.31. The van der Waals surface area contributed by atoms with Crippen LogP contribution in [0.2, 0.25) is 0 Å². The van der Waals surface area contributed by atoms with Crippen molar-refractivity contribution in [2.75, 3.05) is 0 Å². The van der Waals surface area contributed by atoms with E-state index in [0.29, 0.717) is 11.6 Å². The molecule has 1 amide bonds. The number of amides is 1. The van der Waals surface area contributed by atoms with Gasteiger partial charge in [0.15, 0.2) is 0 Å². The first kappa shape index (κ1) is 16.3. The number of benzene rings is 1. The molecule has 1 aromatic carbocycles. The lowest BCUT2D eigenvalue weighted by Gasteiger charge is -2.15. The quantitative estimate of drug-likeness (QED) is 0.758. The van der Waals surface area contributed by atoms with Crippen molar-refractivity contribution in [3.05, 3.63) is 75.5 Å². The molecule has 26 heavy (non-hydrogen) atoms. The van der Waals surface area contributed by atoms with Gasteiger partial charge in [0.05, 0.1) is 12.2 Å². The molecule has 2 N–H and O–H groups in total. The van der Waals surface area contributed by atoms with E-state index < -0.39 is 5.91 Å². The van der Waals surface area contributed by atoms with E-state index >= 15 is 0 Å². The van der Waals surface area contributed by atoms with Crippen molar-refractivity contribution in [2.24, 2.45) is 0 Å². The van der Waals surface area contributed by atoms with Gasteiger partial charge in [-0.3, -0.25) is 9.59 Å². The second kappa shape index (κ2) is 7.00. The Morgan fingerprint density at radius 3 is 2.85 bits per heavy atom. The van der Waals surface area contributed by atoms with E-state index in [9.17, 15) is 9.59 Å². The number of carbonyl (C=O) groups is 1. The second-order valence-corrected chi connectivity index (χ2v) is 6.42. The first-order chi connectivity index (χ1) is 12.7. The monoisotopic (exact) mass is 349 g/mol. The lowest BCUT2D eigenvalue weighted by Crippen LogP contribution is -2.30. The molecule has 0 unspecified atom stereocenters. The summed E-state index contributed by atoms with van der Waals surface area (Å²) in [5.74, 6) is 0.102. The molecule has 0 bridgehead atoms. The first-order valence-corrected chi connectivity index (χ1v) is 8.74. The number of aryl methyl sites for hydroxylation is 2. The maximum Gasteiger partial charge on any atom is 0.261 e. The Balaban J connectivity index is 1.46. The normalized spacial score (nSPS) is 13.2. The van der Waals surface area contributed by atoms with Gasteiger partial charge in [0, 0.05) is 11.3 Å². The Hall–Kier alpha value is -3.15. The number of hydrogen-bond donors (Lipinski definition) is 2. The van der Waals surface area contributed by atoms with E-state index in [4.69, 9.17) is 4.42 Å². The highest BCUT2D eigenvalue weighted by molar-refractivity contribution is 5.94. The molecule has 6 nitrogen and oxygen atoms in total. The smallest absolute Gasteiger partial charge is 0.261 e. The van der Waals surface area contributed by atoms with E-state index in [-0.39, 0.29) is 17.7 Å². The van der Waals surface area contributed by atoms with E-state index in [1.165, 1.54) is 6.26 Å². The van der Waals surface area contributed by atoms with Crippen molar-refractivity contribution in [3.63, 3.8) is 0 Å². The van der Waals surface area contributed by atoms with Crippen LogP contribution in [0.4, 0.5) is 0 Å². The van der Waals surface area contributed by atoms with Gasteiger partial charge >= 0.3 is 0 Å². The highest BCUT2D eigenvalue weighted by Gasteiger charge is 2.17. The van der Waals surface area contributed by atoms with Gasteiger partial charge in [-0.2, -0.15) is 0 Å². The summed E-state index contributed by atoms with van der Waals surface area (Å²) < 4.78 is 5.46. The van der Waals surface area contributed by atoms with E-state index in [0.717, 1.165) is 42.5 Å². The molecule has 0 saturated carbocycles. The minimum absolute atomic E-state index is 0.150. The van der Waals surface area contributed by atoms with E-state index in [1.807, 2.05) is 30.3 Å². The Morgan fingerprint density at radius 2 is 2.00 bits per heavy atom. The molecule has 132 valence electrons. The minimum atomic E-state index is -0.399. The maximum absolute atomic E-state index is 12.4. The maximum atomic E-state index is 12.4. The van der Waals surface area contributed by atoms with Crippen molar-refractivity contribution < 1.29 is 9.21 Å². The molecule has 1 aliphatic carbocycles. The van der Waals surface area contributed by atoms with Crippen molar-refractivity contribution >= 4 is 5.91 Å². The number of hydrogen-bond acceptors (Lipinski definition) is 4. The van der Waals surface area contributed by atoms with Gasteiger partial charge in [-0.1, -0.05) is 18.2 Å². The van der Waals surface area contributed by atoms with Crippen molar-refractivity contribution in [3.8, 4) is 11.5 Å². The Kier molecular flexibility index (Phi) is 4.39. The molecule has 0 aliphatic heterocycles. The molecule has 4 rings (SSSR count). The number of rotatable bonds is 4. The van der Waals surface area contributed by atoms with Crippen LogP contribution >= 0.6 is 0 Å². The molecule has 0 atom stereocenters. The third-order valence-corrected chi connectivity index (χ3v) is 4.59. The van der Waals surface area contributed by atoms with Gasteiger partial charge in [-0.25, -0.2) is 4.98 Å². The van der Waals surface area contributed by atoms with Crippen LogP contribution in [0.1, 0.15) is 40.2 Å². The second-order valence-electron chi connectivity index (χ2n) is 6.42. The van der Waals surface area contributed by atoms with Crippen molar-refractivity contribution in [1.29, 1.82) is 0 Å². The average molecular weight is 349 g/mol. The molecule has 6 heteroatoms. The lowest BCUT2D eigenvalue weighted by molar-refractivity contribution is 0.0948. The highest BCUT2D eigenvalue weighted by atomic mass is 16.3. The molecule has 0 radical (unpaired) electrons. The molecule has 0 fully saturated rings. The minimum Gasteiger partial charge on any atom is -0.444 e. The predicted molar refractivity (Wildman–Crippen MR) is 96.8 cm³/mol. The van der Waals surface area contributed by atoms with Gasteiger partial charge in [0.2, 0.25) is 5.89 Å².